The summed E-state index contributed by atoms with van der Waals surface area (Å²) in [4.78, 5) is 40.6. The van der Waals surface area contributed by atoms with Crippen LogP contribution in [0.25, 0.3) is 10.2 Å². The van der Waals surface area contributed by atoms with Crippen molar-refractivity contribution in [2.75, 3.05) is 18.5 Å². The second kappa shape index (κ2) is 10.6. The molecule has 12 heteroatoms. The summed E-state index contributed by atoms with van der Waals surface area (Å²) in [6, 6.07) is 4.30. The van der Waals surface area contributed by atoms with Crippen molar-refractivity contribution in [2.24, 2.45) is 0 Å². The number of carbonyl (C=O) groups excluding carboxylic acids is 3. The minimum absolute atomic E-state index is 0.164. The zero-order valence-corrected chi connectivity index (χ0v) is 18.6. The summed E-state index contributed by atoms with van der Waals surface area (Å²) in [7, 11) is 0. The molecular formula is C20H24F3N3O5S. The Bertz CT molecular complexity index is 979. The molecule has 0 saturated heterocycles. The van der Waals surface area contributed by atoms with Crippen LogP contribution in [0.2, 0.25) is 0 Å². The maximum atomic E-state index is 14.2. The van der Waals surface area contributed by atoms with Gasteiger partial charge in [-0.25, -0.2) is 14.6 Å². The minimum atomic E-state index is -5.24. The van der Waals surface area contributed by atoms with Crippen molar-refractivity contribution in [2.45, 2.75) is 51.9 Å². The van der Waals surface area contributed by atoms with E-state index in [0.29, 0.717) is 23.1 Å². The number of amides is 1. The summed E-state index contributed by atoms with van der Waals surface area (Å²) in [5.41, 5.74) is -3.02. The van der Waals surface area contributed by atoms with Gasteiger partial charge in [-0.1, -0.05) is 24.7 Å². The van der Waals surface area contributed by atoms with Crippen molar-refractivity contribution in [3.63, 3.8) is 0 Å². The molecule has 1 aromatic heterocycles. The number of hydrogen-bond donors (Lipinski definition) is 2. The third-order valence-corrected chi connectivity index (χ3v) is 5.22. The maximum absolute atomic E-state index is 14.2. The molecule has 2 N–H and O–H groups in total. The van der Waals surface area contributed by atoms with Gasteiger partial charge in [-0.15, -0.1) is 0 Å². The van der Waals surface area contributed by atoms with Gasteiger partial charge < -0.3 is 20.1 Å². The Morgan fingerprint density at radius 2 is 1.78 bits per heavy atom. The van der Waals surface area contributed by atoms with E-state index in [1.54, 1.807) is 19.2 Å². The van der Waals surface area contributed by atoms with Gasteiger partial charge in [0.05, 0.1) is 29.0 Å². The minimum Gasteiger partial charge on any atom is -0.463 e. The third-order valence-electron chi connectivity index (χ3n) is 4.29. The molecule has 0 saturated carbocycles. The van der Waals surface area contributed by atoms with Crippen LogP contribution in [-0.4, -0.2) is 47.9 Å². The Hall–Kier alpha value is -2.89. The number of anilines is 1. The lowest BCUT2D eigenvalue weighted by Gasteiger charge is -2.34. The SMILES string of the molecule is CCCCC(=O)N[C@@](Nc1nc2ccc(C(=O)OCC)cc2s1)(C(=O)OCC)C(F)(F)F. The van der Waals surface area contributed by atoms with Crippen LogP contribution in [0.4, 0.5) is 18.3 Å². The van der Waals surface area contributed by atoms with Crippen molar-refractivity contribution in [1.29, 1.82) is 0 Å². The van der Waals surface area contributed by atoms with Gasteiger partial charge in [0, 0.05) is 6.42 Å². The Balaban J connectivity index is 2.47. The molecule has 0 radical (unpaired) electrons. The fraction of sp³-hybridized carbons (Fsp3) is 0.500. The highest BCUT2D eigenvalue weighted by molar-refractivity contribution is 7.22. The lowest BCUT2D eigenvalue weighted by molar-refractivity contribution is -0.207. The molecule has 1 aromatic carbocycles. The van der Waals surface area contributed by atoms with Gasteiger partial charge in [-0.2, -0.15) is 13.2 Å². The first-order chi connectivity index (χ1) is 15.1. The molecule has 8 nitrogen and oxygen atoms in total. The van der Waals surface area contributed by atoms with E-state index in [1.165, 1.54) is 25.1 Å². The number of thiazole rings is 1. The number of fused-ring (bicyclic) bond motifs is 1. The topological polar surface area (TPSA) is 107 Å². The van der Waals surface area contributed by atoms with Crippen molar-refractivity contribution in [1.82, 2.24) is 10.3 Å². The van der Waals surface area contributed by atoms with E-state index >= 15 is 0 Å². The maximum Gasteiger partial charge on any atom is 0.442 e. The van der Waals surface area contributed by atoms with Gasteiger partial charge in [0.25, 0.3) is 0 Å². The first-order valence-corrected chi connectivity index (χ1v) is 10.8. The van der Waals surface area contributed by atoms with E-state index in [0.717, 1.165) is 11.3 Å². The van der Waals surface area contributed by atoms with Crippen LogP contribution in [-0.2, 0) is 19.1 Å². The van der Waals surface area contributed by atoms with E-state index in [4.69, 9.17) is 4.74 Å². The third kappa shape index (κ3) is 5.67. The average Bonchev–Trinajstić information content (AvgIpc) is 3.12. The van der Waals surface area contributed by atoms with Gasteiger partial charge in [-0.3, -0.25) is 4.79 Å². The van der Waals surface area contributed by atoms with Gasteiger partial charge in [-0.05, 0) is 38.5 Å². The molecule has 176 valence electrons. The molecule has 32 heavy (non-hydrogen) atoms. The number of alkyl halides is 3. The lowest BCUT2D eigenvalue weighted by atomic mass is 10.1. The number of nitrogens with one attached hydrogen (secondary N) is 2. The summed E-state index contributed by atoms with van der Waals surface area (Å²) >= 11 is 0.781. The van der Waals surface area contributed by atoms with Crippen molar-refractivity contribution < 1.29 is 37.0 Å². The van der Waals surface area contributed by atoms with Crippen LogP contribution < -0.4 is 10.6 Å². The standard InChI is InChI=1S/C20H24F3N3O5S/c1-4-7-8-15(27)25-19(20(21,22)23,17(29)31-6-3)26-18-24-13-10-9-12(11-14(13)32-18)16(28)30-5-2/h9-11H,4-8H2,1-3H3,(H,24,26)(H,25,27)/t19-/m1/s1. The highest BCUT2D eigenvalue weighted by atomic mass is 32.1. The molecule has 0 unspecified atom stereocenters. The summed E-state index contributed by atoms with van der Waals surface area (Å²) in [5, 5.41) is 3.53. The molecule has 2 aromatic rings. The largest absolute Gasteiger partial charge is 0.463 e. The summed E-state index contributed by atoms with van der Waals surface area (Å²) in [6.07, 6.45) is -4.51. The molecule has 1 heterocycles. The molecule has 2 rings (SSSR count). The molecular weight excluding hydrogens is 451 g/mol. The smallest absolute Gasteiger partial charge is 0.442 e. The van der Waals surface area contributed by atoms with Crippen LogP contribution in [0.1, 0.15) is 50.4 Å². The number of halogens is 3. The van der Waals surface area contributed by atoms with Crippen LogP contribution in [0.3, 0.4) is 0 Å². The number of benzene rings is 1. The number of esters is 2. The first kappa shape index (κ1) is 25.4. The molecule has 0 aliphatic rings. The predicted molar refractivity (Wildman–Crippen MR) is 112 cm³/mol. The quantitative estimate of drug-likeness (QED) is 0.395. The van der Waals surface area contributed by atoms with Crippen LogP contribution in [0, 0.1) is 0 Å². The number of carbonyl (C=O) groups is 3. The van der Waals surface area contributed by atoms with E-state index in [2.05, 4.69) is 9.72 Å². The second-order valence-corrected chi connectivity index (χ2v) is 7.70. The molecule has 0 aliphatic carbocycles. The first-order valence-electron chi connectivity index (χ1n) is 9.98. The van der Waals surface area contributed by atoms with Crippen molar-refractivity contribution in [3.8, 4) is 0 Å². The highest BCUT2D eigenvalue weighted by Gasteiger charge is 2.64. The zero-order valence-electron chi connectivity index (χ0n) is 17.8. The molecule has 1 amide bonds. The van der Waals surface area contributed by atoms with Gasteiger partial charge in [0.2, 0.25) is 5.91 Å². The molecule has 0 aliphatic heterocycles. The zero-order chi connectivity index (χ0) is 23.9. The Morgan fingerprint density at radius 3 is 2.38 bits per heavy atom. The number of hydrogen-bond acceptors (Lipinski definition) is 8. The predicted octanol–water partition coefficient (Wildman–Crippen LogP) is 4.01. The molecule has 0 fully saturated rings. The van der Waals surface area contributed by atoms with Crippen molar-refractivity contribution >= 4 is 44.5 Å². The summed E-state index contributed by atoms with van der Waals surface area (Å²) in [5.74, 6) is -3.25. The second-order valence-electron chi connectivity index (χ2n) is 6.67. The summed E-state index contributed by atoms with van der Waals surface area (Å²) in [6.45, 7) is 4.61. The van der Waals surface area contributed by atoms with Crippen molar-refractivity contribution in [3.05, 3.63) is 23.8 Å². The number of ether oxygens (including phenoxy) is 2. The van der Waals surface area contributed by atoms with Crippen LogP contribution in [0.5, 0.6) is 0 Å². The number of rotatable bonds is 10. The fourth-order valence-corrected chi connectivity index (χ4v) is 3.68. The summed E-state index contributed by atoms with van der Waals surface area (Å²) < 4.78 is 52.4. The highest BCUT2D eigenvalue weighted by Crippen LogP contribution is 2.36. The van der Waals surface area contributed by atoms with E-state index in [9.17, 15) is 27.6 Å². The average molecular weight is 475 g/mol. The van der Waals surface area contributed by atoms with Gasteiger partial charge in [0.1, 0.15) is 0 Å². The Kier molecular flexibility index (Phi) is 8.42. The van der Waals surface area contributed by atoms with E-state index < -0.39 is 29.7 Å². The molecule has 1 atom stereocenters. The van der Waals surface area contributed by atoms with Crippen LogP contribution >= 0.6 is 11.3 Å². The van der Waals surface area contributed by atoms with E-state index in [1.807, 2.05) is 5.32 Å². The van der Waals surface area contributed by atoms with Gasteiger partial charge in [0.15, 0.2) is 5.13 Å². The molecule has 0 bridgehead atoms. The monoisotopic (exact) mass is 475 g/mol. The number of unbranched alkanes of at least 4 members (excludes halogenated alkanes) is 1. The normalized spacial score (nSPS) is 13.3. The van der Waals surface area contributed by atoms with E-state index in [-0.39, 0.29) is 30.3 Å². The van der Waals surface area contributed by atoms with Crippen LogP contribution in [0.15, 0.2) is 18.2 Å². The lowest BCUT2D eigenvalue weighted by Crippen LogP contribution is -2.69. The van der Waals surface area contributed by atoms with Gasteiger partial charge >= 0.3 is 23.8 Å². The molecule has 0 spiro atoms. The number of aromatic nitrogens is 1. The number of nitrogens with zero attached hydrogens (tertiary/aromatic N) is 1. The fourth-order valence-electron chi connectivity index (χ4n) is 2.72. The Morgan fingerprint density at radius 1 is 1.09 bits per heavy atom. The Labute approximate surface area is 186 Å².